The zero-order chi connectivity index (χ0) is 20.6. The average molecular weight is 431 g/mol. The van der Waals surface area contributed by atoms with Crippen LogP contribution < -0.4 is 10.6 Å². The first-order chi connectivity index (χ1) is 14.0. The van der Waals surface area contributed by atoms with Crippen molar-refractivity contribution < 1.29 is 9.59 Å². The minimum Gasteiger partial charge on any atom is -0.349 e. The van der Waals surface area contributed by atoms with Gasteiger partial charge in [0.1, 0.15) is 0 Å². The zero-order valence-electron chi connectivity index (χ0n) is 16.2. The molecule has 0 aliphatic rings. The Labute approximate surface area is 177 Å². The lowest BCUT2D eigenvalue weighted by Gasteiger charge is -2.08. The molecule has 152 valence electrons. The summed E-state index contributed by atoms with van der Waals surface area (Å²) in [5.74, 6) is 0.645. The highest BCUT2D eigenvalue weighted by Gasteiger charge is 2.14. The van der Waals surface area contributed by atoms with Crippen LogP contribution in [0.1, 0.15) is 23.2 Å². The van der Waals surface area contributed by atoms with E-state index in [1.165, 1.54) is 23.1 Å². The molecule has 0 aliphatic heterocycles. The number of hydrogen-bond donors (Lipinski definition) is 2. The fourth-order valence-corrected chi connectivity index (χ4v) is 4.10. The van der Waals surface area contributed by atoms with Crippen molar-refractivity contribution >= 4 is 40.0 Å². The third-order valence-electron chi connectivity index (χ3n) is 3.96. The first-order valence-corrected chi connectivity index (χ1v) is 10.9. The Morgan fingerprint density at radius 1 is 1.17 bits per heavy atom. The number of anilines is 1. The third-order valence-corrected chi connectivity index (χ3v) is 5.76. The number of rotatable bonds is 9. The van der Waals surface area contributed by atoms with Crippen molar-refractivity contribution in [1.82, 2.24) is 25.1 Å². The summed E-state index contributed by atoms with van der Waals surface area (Å²) in [6, 6.07) is 9.57. The Hall–Kier alpha value is -2.72. The summed E-state index contributed by atoms with van der Waals surface area (Å²) < 4.78 is 1.90. The van der Waals surface area contributed by atoms with Crippen molar-refractivity contribution in [3.8, 4) is 0 Å². The summed E-state index contributed by atoms with van der Waals surface area (Å²) in [6.07, 6.45) is 2.04. The lowest BCUT2D eigenvalue weighted by atomic mass is 10.1. The van der Waals surface area contributed by atoms with E-state index in [0.717, 1.165) is 10.4 Å². The maximum atomic E-state index is 12.2. The Bertz CT molecular complexity index is 970. The number of thiazole rings is 1. The molecular weight excluding hydrogens is 408 g/mol. The fraction of sp³-hybridized carbons (Fsp3) is 0.316. The summed E-state index contributed by atoms with van der Waals surface area (Å²) >= 11 is 2.74. The molecule has 0 spiro atoms. The summed E-state index contributed by atoms with van der Waals surface area (Å²) in [7, 11) is 0. The molecule has 2 aromatic heterocycles. The van der Waals surface area contributed by atoms with E-state index < -0.39 is 0 Å². The van der Waals surface area contributed by atoms with E-state index in [9.17, 15) is 9.59 Å². The van der Waals surface area contributed by atoms with Gasteiger partial charge in [-0.05, 0) is 19.4 Å². The van der Waals surface area contributed by atoms with Crippen molar-refractivity contribution in [1.29, 1.82) is 0 Å². The predicted molar refractivity (Wildman–Crippen MR) is 114 cm³/mol. The van der Waals surface area contributed by atoms with Gasteiger partial charge >= 0.3 is 0 Å². The Kier molecular flexibility index (Phi) is 7.36. The third kappa shape index (κ3) is 6.13. The molecule has 0 radical (unpaired) electrons. The first-order valence-electron chi connectivity index (χ1n) is 9.13. The van der Waals surface area contributed by atoms with E-state index in [1.54, 1.807) is 6.20 Å². The topological polar surface area (TPSA) is 102 Å². The molecule has 3 rings (SSSR count). The van der Waals surface area contributed by atoms with Gasteiger partial charge in [0.25, 0.3) is 0 Å². The van der Waals surface area contributed by atoms with Gasteiger partial charge in [-0.2, -0.15) is 0 Å². The van der Waals surface area contributed by atoms with Gasteiger partial charge in [0.05, 0.1) is 18.7 Å². The molecule has 10 heteroatoms. The molecule has 29 heavy (non-hydrogen) atoms. The highest BCUT2D eigenvalue weighted by atomic mass is 32.2. The normalized spacial score (nSPS) is 10.7. The van der Waals surface area contributed by atoms with Crippen LogP contribution in [0.25, 0.3) is 0 Å². The number of carbonyl (C=O) groups is 2. The Balaban J connectivity index is 1.51. The number of nitrogens with one attached hydrogen (secondary N) is 2. The van der Waals surface area contributed by atoms with Crippen LogP contribution in [0.4, 0.5) is 5.13 Å². The van der Waals surface area contributed by atoms with Crippen molar-refractivity contribution in [3.05, 3.63) is 52.8 Å². The van der Waals surface area contributed by atoms with Crippen LogP contribution in [-0.4, -0.2) is 37.3 Å². The summed E-state index contributed by atoms with van der Waals surface area (Å²) in [4.78, 5) is 29.4. The standard InChI is InChI=1S/C19H22N6O2S2/c1-3-25-15(11-20-16(26)9-14-7-5-4-6-8-14)23-24-19(25)28-12-17(27)22-18-21-10-13(2)29-18/h4-8,10H,3,9,11-12H2,1-2H3,(H,20,26)(H,21,22,27). The molecule has 0 unspecified atom stereocenters. The van der Waals surface area contributed by atoms with E-state index >= 15 is 0 Å². The van der Waals surface area contributed by atoms with Crippen LogP contribution in [0.3, 0.4) is 0 Å². The minimum absolute atomic E-state index is 0.0748. The number of amides is 2. The van der Waals surface area contributed by atoms with Gasteiger partial charge in [-0.25, -0.2) is 4.98 Å². The van der Waals surface area contributed by atoms with Crippen LogP contribution >= 0.6 is 23.1 Å². The Morgan fingerprint density at radius 2 is 1.97 bits per heavy atom. The van der Waals surface area contributed by atoms with Crippen LogP contribution in [-0.2, 0) is 29.1 Å². The van der Waals surface area contributed by atoms with E-state index in [4.69, 9.17) is 0 Å². The largest absolute Gasteiger partial charge is 0.349 e. The molecular formula is C19H22N6O2S2. The molecule has 3 aromatic rings. The molecule has 0 aliphatic carbocycles. The summed E-state index contributed by atoms with van der Waals surface area (Å²) in [6.45, 7) is 4.84. The van der Waals surface area contributed by atoms with Crippen molar-refractivity contribution in [2.24, 2.45) is 0 Å². The van der Waals surface area contributed by atoms with Gasteiger partial charge < -0.3 is 15.2 Å². The molecule has 2 heterocycles. The Morgan fingerprint density at radius 3 is 2.66 bits per heavy atom. The summed E-state index contributed by atoms with van der Waals surface area (Å²) in [5.41, 5.74) is 0.958. The molecule has 0 saturated carbocycles. The summed E-state index contributed by atoms with van der Waals surface area (Å²) in [5, 5.41) is 15.2. The minimum atomic E-state index is -0.146. The number of aromatic nitrogens is 4. The van der Waals surface area contributed by atoms with Crippen LogP contribution in [0.2, 0.25) is 0 Å². The van der Waals surface area contributed by atoms with Crippen LogP contribution in [0.15, 0.2) is 41.7 Å². The first kappa shape index (κ1) is 21.0. The van der Waals surface area contributed by atoms with Crippen LogP contribution in [0, 0.1) is 6.92 Å². The van der Waals surface area contributed by atoms with Gasteiger partial charge in [0.2, 0.25) is 11.8 Å². The smallest absolute Gasteiger partial charge is 0.236 e. The lowest BCUT2D eigenvalue weighted by Crippen LogP contribution is -2.26. The maximum Gasteiger partial charge on any atom is 0.236 e. The number of carbonyl (C=O) groups excluding carboxylic acids is 2. The monoisotopic (exact) mass is 430 g/mol. The second kappa shape index (κ2) is 10.2. The van der Waals surface area contributed by atoms with Gasteiger partial charge in [-0.3, -0.25) is 9.59 Å². The van der Waals surface area contributed by atoms with E-state index in [1.807, 2.05) is 48.7 Å². The predicted octanol–water partition coefficient (Wildman–Crippen LogP) is 2.65. The highest BCUT2D eigenvalue weighted by Crippen LogP contribution is 2.20. The molecule has 8 nitrogen and oxygen atoms in total. The highest BCUT2D eigenvalue weighted by molar-refractivity contribution is 7.99. The number of thioether (sulfide) groups is 1. The number of nitrogens with zero attached hydrogens (tertiary/aromatic N) is 4. The molecule has 0 atom stereocenters. The van der Waals surface area contributed by atoms with Crippen LogP contribution in [0.5, 0.6) is 0 Å². The number of aryl methyl sites for hydroxylation is 1. The van der Waals surface area contributed by atoms with E-state index in [2.05, 4.69) is 25.8 Å². The van der Waals surface area contributed by atoms with Crippen molar-refractivity contribution in [3.63, 3.8) is 0 Å². The number of benzene rings is 1. The van der Waals surface area contributed by atoms with Gasteiger partial charge in [0, 0.05) is 17.6 Å². The SMILES string of the molecule is CCn1c(CNC(=O)Cc2ccccc2)nnc1SCC(=O)Nc1ncc(C)s1. The fourth-order valence-electron chi connectivity index (χ4n) is 2.59. The van der Waals surface area contributed by atoms with Crippen molar-refractivity contribution in [2.75, 3.05) is 11.1 Å². The second-order valence-corrected chi connectivity index (χ2v) is 8.37. The van der Waals surface area contributed by atoms with Gasteiger partial charge in [-0.15, -0.1) is 21.5 Å². The maximum absolute atomic E-state index is 12.2. The van der Waals surface area contributed by atoms with E-state index in [0.29, 0.717) is 29.1 Å². The molecule has 0 fully saturated rings. The average Bonchev–Trinajstić information content (AvgIpc) is 3.30. The van der Waals surface area contributed by atoms with Crippen molar-refractivity contribution in [2.45, 2.75) is 38.5 Å². The van der Waals surface area contributed by atoms with Gasteiger partial charge in [0.15, 0.2) is 16.1 Å². The lowest BCUT2D eigenvalue weighted by molar-refractivity contribution is -0.120. The molecule has 0 saturated heterocycles. The molecule has 2 amide bonds. The van der Waals surface area contributed by atoms with E-state index in [-0.39, 0.29) is 24.1 Å². The second-order valence-electron chi connectivity index (χ2n) is 6.20. The number of hydrogen-bond acceptors (Lipinski definition) is 7. The quantitative estimate of drug-likeness (QED) is 0.506. The molecule has 2 N–H and O–H groups in total. The van der Waals surface area contributed by atoms with Gasteiger partial charge in [-0.1, -0.05) is 42.1 Å². The zero-order valence-corrected chi connectivity index (χ0v) is 17.8. The molecule has 1 aromatic carbocycles. The molecule has 0 bridgehead atoms.